The van der Waals surface area contributed by atoms with Crippen molar-refractivity contribution in [3.8, 4) is 5.75 Å². The molecule has 1 fully saturated rings. The number of nitrogens with one attached hydrogen (secondary N) is 1. The van der Waals surface area contributed by atoms with Crippen LogP contribution < -0.4 is 10.1 Å². The molecule has 2 heterocycles. The Hall–Kier alpha value is -2.43. The van der Waals surface area contributed by atoms with Crippen molar-refractivity contribution in [1.82, 2.24) is 4.31 Å². The monoisotopic (exact) mass is 520 g/mol. The molecule has 0 atom stereocenters. The van der Waals surface area contributed by atoms with Gasteiger partial charge in [0.2, 0.25) is 15.9 Å². The molecule has 0 unspecified atom stereocenters. The molecule has 0 radical (unpaired) electrons. The summed E-state index contributed by atoms with van der Waals surface area (Å²) in [5, 5.41) is 3.46. The van der Waals surface area contributed by atoms with E-state index >= 15 is 0 Å². The molecule has 1 N–H and O–H groups in total. The van der Waals surface area contributed by atoms with Crippen molar-refractivity contribution >= 4 is 38.2 Å². The molecule has 0 saturated carbocycles. The van der Waals surface area contributed by atoms with E-state index in [1.807, 2.05) is 0 Å². The number of amides is 1. The third kappa shape index (κ3) is 5.54. The maximum Gasteiger partial charge on any atom is 0.341 e. The second kappa shape index (κ2) is 11.1. The Kier molecular flexibility index (Phi) is 8.13. The number of hydrogen-bond donors (Lipinski definition) is 1. The van der Waals surface area contributed by atoms with Gasteiger partial charge in [0.05, 0.1) is 24.2 Å². The SMILES string of the molecule is CCOC(=O)c1c(NC(=O)CCc2cc(S(=O)(=O)N3CCCC3)ccc2OC)sc2c1CCCC2. The maximum absolute atomic E-state index is 13.0. The van der Waals surface area contributed by atoms with Crippen molar-refractivity contribution in [3.63, 3.8) is 0 Å². The summed E-state index contributed by atoms with van der Waals surface area (Å²) in [6, 6.07) is 4.80. The Morgan fingerprint density at radius 1 is 1.11 bits per heavy atom. The lowest BCUT2D eigenvalue weighted by molar-refractivity contribution is -0.116. The van der Waals surface area contributed by atoms with E-state index in [4.69, 9.17) is 9.47 Å². The Morgan fingerprint density at radius 3 is 2.57 bits per heavy atom. The Balaban J connectivity index is 1.50. The number of rotatable bonds is 9. The van der Waals surface area contributed by atoms with Gasteiger partial charge in [0, 0.05) is 24.4 Å². The lowest BCUT2D eigenvalue weighted by atomic mass is 9.95. The van der Waals surface area contributed by atoms with E-state index in [1.165, 1.54) is 22.8 Å². The van der Waals surface area contributed by atoms with Crippen molar-refractivity contribution < 1.29 is 27.5 Å². The highest BCUT2D eigenvalue weighted by atomic mass is 32.2. The van der Waals surface area contributed by atoms with Gasteiger partial charge in [-0.25, -0.2) is 13.2 Å². The zero-order valence-electron chi connectivity index (χ0n) is 20.2. The molecular formula is C25H32N2O6S2. The van der Waals surface area contributed by atoms with Crippen LogP contribution in [0.15, 0.2) is 23.1 Å². The number of methoxy groups -OCH3 is 1. The van der Waals surface area contributed by atoms with Crippen molar-refractivity contribution in [2.45, 2.75) is 63.2 Å². The van der Waals surface area contributed by atoms with Crippen LogP contribution in [0.25, 0.3) is 0 Å². The number of carbonyl (C=O) groups is 2. The van der Waals surface area contributed by atoms with Gasteiger partial charge >= 0.3 is 5.97 Å². The molecule has 1 aliphatic heterocycles. The van der Waals surface area contributed by atoms with Crippen LogP contribution in [-0.2, 0) is 38.8 Å². The third-order valence-corrected chi connectivity index (χ3v) is 9.58. The summed E-state index contributed by atoms with van der Waals surface area (Å²) >= 11 is 1.45. The summed E-state index contributed by atoms with van der Waals surface area (Å²) < 4.78 is 38.1. The minimum atomic E-state index is -3.57. The predicted octanol–water partition coefficient (Wildman–Crippen LogP) is 4.17. The smallest absolute Gasteiger partial charge is 0.341 e. The van der Waals surface area contributed by atoms with E-state index in [9.17, 15) is 18.0 Å². The molecule has 2 aromatic rings. The van der Waals surface area contributed by atoms with Crippen LogP contribution in [0.2, 0.25) is 0 Å². The summed E-state index contributed by atoms with van der Waals surface area (Å²) in [6.07, 6.45) is 5.94. The second-order valence-electron chi connectivity index (χ2n) is 8.77. The fraction of sp³-hybridized carbons (Fsp3) is 0.520. The first-order valence-corrected chi connectivity index (χ1v) is 14.4. The fourth-order valence-corrected chi connectivity index (χ4v) is 7.56. The summed E-state index contributed by atoms with van der Waals surface area (Å²) in [7, 11) is -2.05. The lowest BCUT2D eigenvalue weighted by Crippen LogP contribution is -2.28. The molecule has 35 heavy (non-hydrogen) atoms. The van der Waals surface area contributed by atoms with Gasteiger partial charge in [-0.15, -0.1) is 11.3 Å². The number of sulfonamides is 1. The first-order valence-electron chi connectivity index (χ1n) is 12.1. The van der Waals surface area contributed by atoms with Crippen molar-refractivity contribution in [2.75, 3.05) is 32.1 Å². The number of nitrogens with zero attached hydrogens (tertiary/aromatic N) is 1. The van der Waals surface area contributed by atoms with Crippen molar-refractivity contribution in [2.24, 2.45) is 0 Å². The summed E-state index contributed by atoms with van der Waals surface area (Å²) in [5.74, 6) is -0.107. The molecule has 1 aliphatic carbocycles. The van der Waals surface area contributed by atoms with Crippen LogP contribution >= 0.6 is 11.3 Å². The van der Waals surface area contributed by atoms with Gasteiger partial charge in [-0.05, 0) is 81.2 Å². The standard InChI is InChI=1S/C25H32N2O6S2/c1-3-33-25(29)23-19-8-4-5-9-21(19)34-24(23)26-22(28)13-10-17-16-18(11-12-20(17)32-2)35(30,31)27-14-6-7-15-27/h11-12,16H,3-10,13-15H2,1-2H3,(H,26,28). The van der Waals surface area contributed by atoms with Gasteiger partial charge in [-0.3, -0.25) is 4.79 Å². The van der Waals surface area contributed by atoms with Crippen molar-refractivity contribution in [3.05, 3.63) is 39.8 Å². The molecule has 1 saturated heterocycles. The quantitative estimate of drug-likeness (QED) is 0.498. The highest BCUT2D eigenvalue weighted by Gasteiger charge is 2.29. The minimum absolute atomic E-state index is 0.119. The zero-order chi connectivity index (χ0) is 25.0. The Labute approximate surface area is 210 Å². The average molecular weight is 521 g/mol. The predicted molar refractivity (Wildman–Crippen MR) is 135 cm³/mol. The number of thiophene rings is 1. The van der Waals surface area contributed by atoms with Gasteiger partial charge in [0.25, 0.3) is 0 Å². The fourth-order valence-electron chi connectivity index (χ4n) is 4.70. The molecule has 8 nitrogen and oxygen atoms in total. The number of benzene rings is 1. The zero-order valence-corrected chi connectivity index (χ0v) is 21.9. The number of esters is 1. The molecular weight excluding hydrogens is 488 g/mol. The summed E-state index contributed by atoms with van der Waals surface area (Å²) in [4.78, 5) is 26.9. The van der Waals surface area contributed by atoms with Crippen LogP contribution in [0.4, 0.5) is 5.00 Å². The molecule has 2 aliphatic rings. The number of aryl methyl sites for hydroxylation is 2. The highest BCUT2D eigenvalue weighted by Crippen LogP contribution is 2.39. The number of ether oxygens (including phenoxy) is 2. The van der Waals surface area contributed by atoms with Crippen LogP contribution in [0, 0.1) is 0 Å². The summed E-state index contributed by atoms with van der Waals surface area (Å²) in [5.41, 5.74) is 2.13. The lowest BCUT2D eigenvalue weighted by Gasteiger charge is -2.17. The molecule has 190 valence electrons. The Bertz CT molecular complexity index is 1200. The Morgan fingerprint density at radius 2 is 1.86 bits per heavy atom. The minimum Gasteiger partial charge on any atom is -0.496 e. The topological polar surface area (TPSA) is 102 Å². The summed E-state index contributed by atoms with van der Waals surface area (Å²) in [6.45, 7) is 3.09. The van der Waals surface area contributed by atoms with E-state index in [0.717, 1.165) is 49.0 Å². The molecule has 10 heteroatoms. The number of fused-ring (bicyclic) bond motifs is 1. The van der Waals surface area contributed by atoms with Gasteiger partial charge < -0.3 is 14.8 Å². The van der Waals surface area contributed by atoms with Gasteiger partial charge in [0.1, 0.15) is 10.8 Å². The average Bonchev–Trinajstić information content (AvgIpc) is 3.51. The van der Waals surface area contributed by atoms with E-state index in [0.29, 0.717) is 41.4 Å². The van der Waals surface area contributed by atoms with Gasteiger partial charge in [-0.2, -0.15) is 4.31 Å². The molecule has 4 rings (SSSR count). The molecule has 1 aromatic heterocycles. The number of hydrogen-bond acceptors (Lipinski definition) is 7. The first-order chi connectivity index (χ1) is 16.8. The van der Waals surface area contributed by atoms with Crippen LogP contribution in [0.5, 0.6) is 5.75 Å². The number of carbonyl (C=O) groups excluding carboxylic acids is 2. The number of anilines is 1. The second-order valence-corrected chi connectivity index (χ2v) is 11.8. The molecule has 0 spiro atoms. The van der Waals surface area contributed by atoms with E-state index < -0.39 is 16.0 Å². The van der Waals surface area contributed by atoms with E-state index in [1.54, 1.807) is 25.1 Å². The van der Waals surface area contributed by atoms with Gasteiger partial charge in [-0.1, -0.05) is 0 Å². The third-order valence-electron chi connectivity index (χ3n) is 6.48. The molecule has 1 aromatic carbocycles. The first kappa shape index (κ1) is 25.7. The van der Waals surface area contributed by atoms with E-state index in [-0.39, 0.29) is 23.8 Å². The van der Waals surface area contributed by atoms with Crippen molar-refractivity contribution in [1.29, 1.82) is 0 Å². The van der Waals surface area contributed by atoms with Crippen LogP contribution in [-0.4, -0.2) is 51.4 Å². The normalized spacial score (nSPS) is 16.1. The van der Waals surface area contributed by atoms with E-state index in [2.05, 4.69) is 5.32 Å². The van der Waals surface area contributed by atoms with Crippen LogP contribution in [0.3, 0.4) is 0 Å². The largest absolute Gasteiger partial charge is 0.496 e. The molecule has 1 amide bonds. The van der Waals surface area contributed by atoms with Crippen LogP contribution in [0.1, 0.15) is 65.4 Å². The highest BCUT2D eigenvalue weighted by molar-refractivity contribution is 7.89. The molecule has 0 bridgehead atoms. The maximum atomic E-state index is 13.0. The van der Waals surface area contributed by atoms with Gasteiger partial charge in [0.15, 0.2) is 0 Å².